The summed E-state index contributed by atoms with van der Waals surface area (Å²) in [5, 5.41) is 9.02. The standard InChI is InChI=1S/C22H23N3O6S/c1-30-19-10-9-17(15-20(19)32(28,29)24-12-5-6-13-24)22(27)31-16-21(26)25(14-11-23)18-7-3-2-4-8-18/h2-4,7-10,15H,5-6,12-14,16H2,1H3. The maximum Gasteiger partial charge on any atom is 0.338 e. The van der Waals surface area contributed by atoms with Crippen molar-refractivity contribution in [3.63, 3.8) is 0 Å². The number of ether oxygens (including phenoxy) is 2. The second kappa shape index (κ2) is 10.3. The van der Waals surface area contributed by atoms with Crippen molar-refractivity contribution in [1.29, 1.82) is 5.26 Å². The van der Waals surface area contributed by atoms with Gasteiger partial charge < -0.3 is 9.47 Å². The number of anilines is 1. The lowest BCUT2D eigenvalue weighted by molar-refractivity contribution is -0.121. The van der Waals surface area contributed by atoms with E-state index in [0.29, 0.717) is 18.8 Å². The van der Waals surface area contributed by atoms with Crippen LogP contribution in [0.2, 0.25) is 0 Å². The molecule has 0 bridgehead atoms. The molecule has 2 aromatic rings. The van der Waals surface area contributed by atoms with Gasteiger partial charge in [-0.1, -0.05) is 18.2 Å². The molecule has 3 rings (SSSR count). The van der Waals surface area contributed by atoms with E-state index in [-0.39, 0.29) is 22.8 Å². The first-order valence-corrected chi connectivity index (χ1v) is 11.4. The summed E-state index contributed by atoms with van der Waals surface area (Å²) in [6.07, 6.45) is 1.54. The van der Waals surface area contributed by atoms with Crippen LogP contribution in [0, 0.1) is 11.3 Å². The first-order chi connectivity index (χ1) is 15.4. The Hall–Kier alpha value is -3.42. The highest BCUT2D eigenvalue weighted by Gasteiger charge is 2.31. The molecule has 0 atom stereocenters. The predicted molar refractivity (Wildman–Crippen MR) is 116 cm³/mol. The molecule has 2 aromatic carbocycles. The predicted octanol–water partition coefficient (Wildman–Crippen LogP) is 2.19. The molecule has 1 aliphatic rings. The number of nitrogens with zero attached hydrogens (tertiary/aromatic N) is 3. The SMILES string of the molecule is COc1ccc(C(=O)OCC(=O)N(CC#N)c2ccccc2)cc1S(=O)(=O)N1CCCC1. The number of esters is 1. The van der Waals surface area contributed by atoms with Crippen LogP contribution in [-0.2, 0) is 19.6 Å². The van der Waals surface area contributed by atoms with E-state index >= 15 is 0 Å². The lowest BCUT2D eigenvalue weighted by Crippen LogP contribution is -2.35. The average molecular weight is 458 g/mol. The summed E-state index contributed by atoms with van der Waals surface area (Å²) in [4.78, 5) is 26.2. The zero-order valence-corrected chi connectivity index (χ0v) is 18.4. The first kappa shape index (κ1) is 23.2. The number of para-hydroxylation sites is 1. The number of hydrogen-bond donors (Lipinski definition) is 0. The number of carbonyl (C=O) groups excluding carboxylic acids is 2. The number of nitriles is 1. The number of rotatable bonds is 8. The van der Waals surface area contributed by atoms with Crippen LogP contribution in [-0.4, -0.2) is 58.0 Å². The van der Waals surface area contributed by atoms with Crippen molar-refractivity contribution in [2.24, 2.45) is 0 Å². The number of methoxy groups -OCH3 is 1. The van der Waals surface area contributed by atoms with Gasteiger partial charge in [0.25, 0.3) is 5.91 Å². The number of benzene rings is 2. The summed E-state index contributed by atoms with van der Waals surface area (Å²) < 4.78 is 37.6. The van der Waals surface area contributed by atoms with E-state index < -0.39 is 28.5 Å². The highest BCUT2D eigenvalue weighted by molar-refractivity contribution is 7.89. The number of sulfonamides is 1. The molecule has 32 heavy (non-hydrogen) atoms. The second-order valence-electron chi connectivity index (χ2n) is 7.03. The third-order valence-electron chi connectivity index (χ3n) is 5.01. The van der Waals surface area contributed by atoms with Crippen LogP contribution in [0.25, 0.3) is 0 Å². The molecule has 1 fully saturated rings. The topological polar surface area (TPSA) is 117 Å². The van der Waals surface area contributed by atoms with Crippen LogP contribution in [0.1, 0.15) is 23.2 Å². The monoisotopic (exact) mass is 457 g/mol. The van der Waals surface area contributed by atoms with E-state index in [1.165, 1.54) is 34.5 Å². The summed E-state index contributed by atoms with van der Waals surface area (Å²) in [7, 11) is -2.49. The fourth-order valence-corrected chi connectivity index (χ4v) is 5.06. The van der Waals surface area contributed by atoms with Gasteiger partial charge in [-0.2, -0.15) is 9.57 Å². The Kier molecular flexibility index (Phi) is 7.45. The third-order valence-corrected chi connectivity index (χ3v) is 6.93. The van der Waals surface area contributed by atoms with Gasteiger partial charge in [0.2, 0.25) is 10.0 Å². The maximum absolute atomic E-state index is 13.0. The smallest absolute Gasteiger partial charge is 0.338 e. The van der Waals surface area contributed by atoms with E-state index in [0.717, 1.165) is 12.8 Å². The van der Waals surface area contributed by atoms with Crippen molar-refractivity contribution in [2.45, 2.75) is 17.7 Å². The summed E-state index contributed by atoms with van der Waals surface area (Å²) >= 11 is 0. The molecular formula is C22H23N3O6S. The molecule has 0 unspecified atom stereocenters. The molecule has 0 N–H and O–H groups in total. The molecule has 1 saturated heterocycles. The van der Waals surface area contributed by atoms with Crippen LogP contribution in [0.15, 0.2) is 53.4 Å². The van der Waals surface area contributed by atoms with Gasteiger partial charge in [0.05, 0.1) is 18.7 Å². The highest BCUT2D eigenvalue weighted by atomic mass is 32.2. The lowest BCUT2D eigenvalue weighted by atomic mass is 10.2. The van der Waals surface area contributed by atoms with E-state index in [4.69, 9.17) is 14.7 Å². The summed E-state index contributed by atoms with van der Waals surface area (Å²) in [5.74, 6) is -1.32. The van der Waals surface area contributed by atoms with Crippen molar-refractivity contribution in [2.75, 3.05) is 38.3 Å². The average Bonchev–Trinajstić information content (AvgIpc) is 3.37. The summed E-state index contributed by atoms with van der Waals surface area (Å²) in [5.41, 5.74) is 0.474. The first-order valence-electron chi connectivity index (χ1n) is 9.96. The van der Waals surface area contributed by atoms with Gasteiger partial charge in [0.15, 0.2) is 6.61 Å². The largest absolute Gasteiger partial charge is 0.495 e. The number of amides is 1. The van der Waals surface area contributed by atoms with Crippen molar-refractivity contribution in [3.8, 4) is 11.8 Å². The molecule has 10 heteroatoms. The molecule has 0 aromatic heterocycles. The van der Waals surface area contributed by atoms with Gasteiger partial charge in [-0.3, -0.25) is 9.69 Å². The van der Waals surface area contributed by atoms with Crippen LogP contribution in [0.5, 0.6) is 5.75 Å². The molecule has 0 saturated carbocycles. The van der Waals surface area contributed by atoms with Crippen LogP contribution < -0.4 is 9.64 Å². The Morgan fingerprint density at radius 1 is 1.12 bits per heavy atom. The van der Waals surface area contributed by atoms with Crippen LogP contribution in [0.3, 0.4) is 0 Å². The van der Waals surface area contributed by atoms with E-state index in [2.05, 4.69) is 0 Å². The quantitative estimate of drug-likeness (QED) is 0.440. The minimum Gasteiger partial charge on any atom is -0.495 e. The van der Waals surface area contributed by atoms with Gasteiger partial charge in [0, 0.05) is 18.8 Å². The maximum atomic E-state index is 13.0. The molecule has 168 valence electrons. The van der Waals surface area contributed by atoms with Crippen molar-refractivity contribution >= 4 is 27.6 Å². The molecule has 0 radical (unpaired) electrons. The minimum absolute atomic E-state index is 0.0251. The zero-order chi connectivity index (χ0) is 23.1. The normalized spacial score (nSPS) is 13.9. The molecule has 0 spiro atoms. The number of carbonyl (C=O) groups is 2. The molecular weight excluding hydrogens is 434 g/mol. The van der Waals surface area contributed by atoms with E-state index in [1.807, 2.05) is 6.07 Å². The van der Waals surface area contributed by atoms with Crippen molar-refractivity contribution in [1.82, 2.24) is 4.31 Å². The summed E-state index contributed by atoms with van der Waals surface area (Å²) in [6, 6.07) is 14.4. The summed E-state index contributed by atoms with van der Waals surface area (Å²) in [6.45, 7) is 0.00254. The van der Waals surface area contributed by atoms with E-state index in [1.54, 1.807) is 30.3 Å². The van der Waals surface area contributed by atoms with Gasteiger partial charge >= 0.3 is 5.97 Å². The van der Waals surface area contributed by atoms with Gasteiger partial charge in [0.1, 0.15) is 17.2 Å². The Morgan fingerprint density at radius 2 is 1.81 bits per heavy atom. The van der Waals surface area contributed by atoms with Gasteiger partial charge in [-0.15, -0.1) is 0 Å². The Labute approximate surface area is 186 Å². The third kappa shape index (κ3) is 5.07. The Bertz CT molecular complexity index is 1120. The van der Waals surface area contributed by atoms with E-state index in [9.17, 15) is 18.0 Å². The Balaban J connectivity index is 1.76. The minimum atomic E-state index is -3.84. The fraction of sp³-hybridized carbons (Fsp3) is 0.318. The molecule has 1 heterocycles. The molecule has 9 nitrogen and oxygen atoms in total. The van der Waals surface area contributed by atoms with Crippen LogP contribution >= 0.6 is 0 Å². The molecule has 1 amide bonds. The van der Waals surface area contributed by atoms with Crippen molar-refractivity contribution in [3.05, 3.63) is 54.1 Å². The zero-order valence-electron chi connectivity index (χ0n) is 17.6. The highest BCUT2D eigenvalue weighted by Crippen LogP contribution is 2.30. The van der Waals surface area contributed by atoms with Crippen LogP contribution in [0.4, 0.5) is 5.69 Å². The second-order valence-corrected chi connectivity index (χ2v) is 8.93. The van der Waals surface area contributed by atoms with Crippen molar-refractivity contribution < 1.29 is 27.5 Å². The number of hydrogen-bond acceptors (Lipinski definition) is 7. The lowest BCUT2D eigenvalue weighted by Gasteiger charge is -2.20. The Morgan fingerprint density at radius 3 is 2.44 bits per heavy atom. The molecule has 1 aliphatic heterocycles. The fourth-order valence-electron chi connectivity index (χ4n) is 3.36. The van der Waals surface area contributed by atoms with Gasteiger partial charge in [-0.05, 0) is 43.2 Å². The molecule has 0 aliphatic carbocycles. The van der Waals surface area contributed by atoms with Gasteiger partial charge in [-0.25, -0.2) is 13.2 Å².